The van der Waals surface area contributed by atoms with Crippen LogP contribution in [-0.2, 0) is 4.79 Å². The molecule has 0 bridgehead atoms. The van der Waals surface area contributed by atoms with Gasteiger partial charge in [-0.05, 0) is 42.7 Å². The third-order valence-electron chi connectivity index (χ3n) is 4.09. The van der Waals surface area contributed by atoms with E-state index in [9.17, 15) is 23.9 Å². The number of nitrogens with one attached hydrogen (secondary N) is 2. The summed E-state index contributed by atoms with van der Waals surface area (Å²) < 4.78 is 13.8. The molecule has 27 heavy (non-hydrogen) atoms. The van der Waals surface area contributed by atoms with Crippen LogP contribution in [0.1, 0.15) is 40.1 Å². The number of aryl methyl sites for hydroxylation is 1. The van der Waals surface area contributed by atoms with Gasteiger partial charge in [-0.3, -0.25) is 9.59 Å². The number of carboxylic acids is 1. The highest BCUT2D eigenvalue weighted by atomic mass is 19.1. The Hall–Kier alpha value is -3.22. The first-order valence-electron chi connectivity index (χ1n) is 8.41. The van der Waals surface area contributed by atoms with Crippen molar-refractivity contribution in [2.24, 2.45) is 5.92 Å². The maximum Gasteiger partial charge on any atom is 0.326 e. The lowest BCUT2D eigenvalue weighted by molar-refractivity contribution is -0.140. The number of carbonyl (C=O) groups excluding carboxylic acids is 2. The quantitative estimate of drug-likeness (QED) is 0.725. The van der Waals surface area contributed by atoms with Crippen molar-refractivity contribution in [2.75, 3.05) is 5.32 Å². The largest absolute Gasteiger partial charge is 0.480 e. The predicted octanol–water partition coefficient (Wildman–Crippen LogP) is 3.23. The summed E-state index contributed by atoms with van der Waals surface area (Å²) in [6.45, 7) is 5.11. The second-order valence-corrected chi connectivity index (χ2v) is 6.50. The topological polar surface area (TPSA) is 95.5 Å². The molecule has 2 rings (SSSR count). The molecule has 6 nitrogen and oxygen atoms in total. The van der Waals surface area contributed by atoms with Crippen LogP contribution in [0.4, 0.5) is 10.1 Å². The van der Waals surface area contributed by atoms with E-state index in [4.69, 9.17) is 0 Å². The Balaban J connectivity index is 2.23. The van der Waals surface area contributed by atoms with Crippen molar-refractivity contribution in [3.05, 3.63) is 65.0 Å². The Morgan fingerprint density at radius 2 is 1.70 bits per heavy atom. The fraction of sp³-hybridized carbons (Fsp3) is 0.250. The smallest absolute Gasteiger partial charge is 0.326 e. The molecule has 0 fully saturated rings. The second-order valence-electron chi connectivity index (χ2n) is 6.50. The zero-order valence-corrected chi connectivity index (χ0v) is 15.2. The van der Waals surface area contributed by atoms with Gasteiger partial charge in [-0.25, -0.2) is 9.18 Å². The van der Waals surface area contributed by atoms with Gasteiger partial charge in [0.15, 0.2) is 0 Å². The predicted molar refractivity (Wildman–Crippen MR) is 99.3 cm³/mol. The summed E-state index contributed by atoms with van der Waals surface area (Å²) in [6.07, 6.45) is 0. The first kappa shape index (κ1) is 20.1. The van der Waals surface area contributed by atoms with Gasteiger partial charge in [0.2, 0.25) is 0 Å². The summed E-state index contributed by atoms with van der Waals surface area (Å²) in [5.41, 5.74) is 1.09. The van der Waals surface area contributed by atoms with Gasteiger partial charge in [0.1, 0.15) is 11.9 Å². The third kappa shape index (κ3) is 4.91. The van der Waals surface area contributed by atoms with Crippen LogP contribution < -0.4 is 10.6 Å². The summed E-state index contributed by atoms with van der Waals surface area (Å²) in [6, 6.07) is 9.13. The highest BCUT2D eigenvalue weighted by Crippen LogP contribution is 2.19. The first-order chi connectivity index (χ1) is 12.7. The van der Waals surface area contributed by atoms with Crippen LogP contribution in [0.3, 0.4) is 0 Å². The minimum absolute atomic E-state index is 0.113. The van der Waals surface area contributed by atoms with Crippen LogP contribution in [0.25, 0.3) is 0 Å². The Labute approximate surface area is 156 Å². The molecule has 0 heterocycles. The minimum atomic E-state index is -1.13. The average molecular weight is 372 g/mol. The number of rotatable bonds is 6. The molecule has 142 valence electrons. The molecule has 2 aromatic carbocycles. The fourth-order valence-corrected chi connectivity index (χ4v) is 2.47. The van der Waals surface area contributed by atoms with E-state index in [1.165, 1.54) is 30.3 Å². The van der Waals surface area contributed by atoms with Crippen molar-refractivity contribution in [1.82, 2.24) is 5.32 Å². The van der Waals surface area contributed by atoms with Crippen LogP contribution in [-0.4, -0.2) is 28.9 Å². The average Bonchev–Trinajstić information content (AvgIpc) is 2.61. The summed E-state index contributed by atoms with van der Waals surface area (Å²) in [5.74, 6) is -3.28. The Morgan fingerprint density at radius 1 is 1.04 bits per heavy atom. The molecule has 3 N–H and O–H groups in total. The molecule has 0 radical (unpaired) electrons. The normalized spacial score (nSPS) is 11.7. The van der Waals surface area contributed by atoms with Gasteiger partial charge in [0.25, 0.3) is 11.8 Å². The Kier molecular flexibility index (Phi) is 6.28. The van der Waals surface area contributed by atoms with E-state index in [0.29, 0.717) is 11.3 Å². The standard InChI is InChI=1S/C20H21FN2O4/c1-11(2)17(20(26)27)23-18(24)13-9-8-12(3)16(10-13)22-19(25)14-6-4-5-7-15(14)21/h4-11,17H,1-3H3,(H,22,25)(H,23,24)(H,26,27)/t17-/m0/s1. The number of carboxylic acid groups (broad SMARTS) is 1. The number of benzene rings is 2. The van der Waals surface area contributed by atoms with Gasteiger partial charge in [-0.15, -0.1) is 0 Å². The molecular formula is C20H21FN2O4. The van der Waals surface area contributed by atoms with E-state index in [-0.39, 0.29) is 17.0 Å². The lowest BCUT2D eigenvalue weighted by atomic mass is 10.0. The summed E-state index contributed by atoms with van der Waals surface area (Å²) in [5, 5.41) is 14.2. The molecule has 0 saturated heterocycles. The van der Waals surface area contributed by atoms with E-state index < -0.39 is 29.6 Å². The second kappa shape index (κ2) is 8.44. The highest BCUT2D eigenvalue weighted by molar-refractivity contribution is 6.06. The van der Waals surface area contributed by atoms with E-state index in [1.807, 2.05) is 0 Å². The van der Waals surface area contributed by atoms with E-state index in [1.54, 1.807) is 32.9 Å². The van der Waals surface area contributed by atoms with Crippen LogP contribution in [0, 0.1) is 18.7 Å². The molecule has 0 aliphatic carbocycles. The van der Waals surface area contributed by atoms with Crippen molar-refractivity contribution in [1.29, 1.82) is 0 Å². The fourth-order valence-electron chi connectivity index (χ4n) is 2.47. The SMILES string of the molecule is Cc1ccc(C(=O)N[C@H](C(=O)O)C(C)C)cc1NC(=O)c1ccccc1F. The van der Waals surface area contributed by atoms with Gasteiger partial charge < -0.3 is 15.7 Å². The zero-order chi connectivity index (χ0) is 20.1. The van der Waals surface area contributed by atoms with Crippen LogP contribution in [0.2, 0.25) is 0 Å². The van der Waals surface area contributed by atoms with Gasteiger partial charge in [-0.2, -0.15) is 0 Å². The van der Waals surface area contributed by atoms with Gasteiger partial charge in [0.05, 0.1) is 5.56 Å². The van der Waals surface area contributed by atoms with E-state index >= 15 is 0 Å². The highest BCUT2D eigenvalue weighted by Gasteiger charge is 2.24. The monoisotopic (exact) mass is 372 g/mol. The van der Waals surface area contributed by atoms with Crippen molar-refractivity contribution >= 4 is 23.5 Å². The van der Waals surface area contributed by atoms with Gasteiger partial charge >= 0.3 is 5.97 Å². The number of anilines is 1. The Morgan fingerprint density at radius 3 is 2.30 bits per heavy atom. The van der Waals surface area contributed by atoms with Crippen molar-refractivity contribution in [2.45, 2.75) is 26.8 Å². The number of carbonyl (C=O) groups is 3. The molecule has 0 aliphatic rings. The molecule has 0 saturated carbocycles. The lowest BCUT2D eigenvalue weighted by Crippen LogP contribution is -2.44. The zero-order valence-electron chi connectivity index (χ0n) is 15.2. The maximum atomic E-state index is 13.8. The molecule has 2 aromatic rings. The number of aliphatic carboxylic acids is 1. The third-order valence-corrected chi connectivity index (χ3v) is 4.09. The minimum Gasteiger partial charge on any atom is -0.480 e. The number of amides is 2. The van der Waals surface area contributed by atoms with Crippen molar-refractivity contribution < 1.29 is 23.9 Å². The maximum absolute atomic E-state index is 13.8. The van der Waals surface area contributed by atoms with E-state index in [2.05, 4.69) is 10.6 Å². The molecule has 2 amide bonds. The molecule has 7 heteroatoms. The number of hydrogen-bond donors (Lipinski definition) is 3. The van der Waals surface area contributed by atoms with Crippen molar-refractivity contribution in [3.8, 4) is 0 Å². The van der Waals surface area contributed by atoms with Gasteiger partial charge in [-0.1, -0.05) is 32.0 Å². The summed E-state index contributed by atoms with van der Waals surface area (Å²) >= 11 is 0. The molecule has 0 spiro atoms. The molecule has 1 atom stereocenters. The molecule has 0 aliphatic heterocycles. The van der Waals surface area contributed by atoms with Crippen molar-refractivity contribution in [3.63, 3.8) is 0 Å². The van der Waals surface area contributed by atoms with Crippen LogP contribution in [0.5, 0.6) is 0 Å². The number of halogens is 1. The lowest BCUT2D eigenvalue weighted by Gasteiger charge is -2.18. The number of hydrogen-bond acceptors (Lipinski definition) is 3. The summed E-state index contributed by atoms with van der Waals surface area (Å²) in [7, 11) is 0. The Bertz CT molecular complexity index is 880. The molecule has 0 aromatic heterocycles. The van der Waals surface area contributed by atoms with Crippen LogP contribution in [0.15, 0.2) is 42.5 Å². The molecular weight excluding hydrogens is 351 g/mol. The van der Waals surface area contributed by atoms with Crippen LogP contribution >= 0.6 is 0 Å². The first-order valence-corrected chi connectivity index (χ1v) is 8.41. The van der Waals surface area contributed by atoms with E-state index in [0.717, 1.165) is 0 Å². The molecule has 0 unspecified atom stereocenters. The van der Waals surface area contributed by atoms with Gasteiger partial charge in [0, 0.05) is 11.3 Å². The summed E-state index contributed by atoms with van der Waals surface area (Å²) in [4.78, 5) is 35.9.